The molecule has 1 aliphatic heterocycles. The number of hydrogen-bond donors (Lipinski definition) is 1. The van der Waals surface area contributed by atoms with E-state index in [1.54, 1.807) is 24.3 Å². The van der Waals surface area contributed by atoms with E-state index in [4.69, 9.17) is 21.1 Å². The number of hydrogen-bond acceptors (Lipinski definition) is 6. The van der Waals surface area contributed by atoms with Crippen molar-refractivity contribution in [1.29, 1.82) is 0 Å². The van der Waals surface area contributed by atoms with E-state index in [-0.39, 0.29) is 36.0 Å². The SMILES string of the molecule is COCOc1cc(-c2ncc3c(=O)[nH]c(=O)n(C[C@@H]4CCCN4C)c3c2F)c2c(Cl)cccc2c1. The summed E-state index contributed by atoms with van der Waals surface area (Å²) in [5, 5.41) is 1.72. The molecule has 0 amide bonds. The van der Waals surface area contributed by atoms with E-state index in [9.17, 15) is 9.59 Å². The molecule has 0 unspecified atom stereocenters. The first-order valence-electron chi connectivity index (χ1n) is 11.2. The van der Waals surface area contributed by atoms with Crippen LogP contribution in [0.4, 0.5) is 4.39 Å². The molecule has 0 spiro atoms. The fourth-order valence-corrected chi connectivity index (χ4v) is 5.06. The molecular weight excluding hydrogens is 475 g/mol. The van der Waals surface area contributed by atoms with Gasteiger partial charge < -0.3 is 14.4 Å². The molecule has 0 bridgehead atoms. The zero-order valence-corrected chi connectivity index (χ0v) is 20.1. The van der Waals surface area contributed by atoms with E-state index in [1.165, 1.54) is 17.9 Å². The molecule has 0 saturated carbocycles. The number of likely N-dealkylation sites (N-methyl/N-ethyl adjacent to an activating group) is 1. The number of methoxy groups -OCH3 is 1. The molecule has 35 heavy (non-hydrogen) atoms. The summed E-state index contributed by atoms with van der Waals surface area (Å²) in [7, 11) is 3.47. The highest BCUT2D eigenvalue weighted by atomic mass is 35.5. The topological polar surface area (TPSA) is 89.5 Å². The first kappa shape index (κ1) is 23.5. The molecule has 8 nitrogen and oxygen atoms in total. The van der Waals surface area contributed by atoms with E-state index >= 15 is 4.39 Å². The first-order valence-corrected chi connectivity index (χ1v) is 11.6. The fourth-order valence-electron chi connectivity index (χ4n) is 4.78. The second-order valence-corrected chi connectivity index (χ2v) is 9.10. The normalized spacial score (nSPS) is 16.4. The van der Waals surface area contributed by atoms with Crippen molar-refractivity contribution in [3.05, 3.63) is 68.2 Å². The Morgan fingerprint density at radius 1 is 1.29 bits per heavy atom. The maximum Gasteiger partial charge on any atom is 0.328 e. The van der Waals surface area contributed by atoms with Crippen molar-refractivity contribution in [2.45, 2.75) is 25.4 Å². The van der Waals surface area contributed by atoms with Gasteiger partial charge in [0.25, 0.3) is 5.56 Å². The van der Waals surface area contributed by atoms with Crippen LogP contribution < -0.4 is 16.0 Å². The summed E-state index contributed by atoms with van der Waals surface area (Å²) in [6, 6.07) is 8.79. The van der Waals surface area contributed by atoms with Crippen molar-refractivity contribution in [2.24, 2.45) is 0 Å². The molecule has 3 heterocycles. The quantitative estimate of drug-likeness (QED) is 0.407. The van der Waals surface area contributed by atoms with Gasteiger partial charge in [-0.3, -0.25) is 19.3 Å². The van der Waals surface area contributed by atoms with Crippen molar-refractivity contribution < 1.29 is 13.9 Å². The van der Waals surface area contributed by atoms with Crippen LogP contribution in [0.1, 0.15) is 12.8 Å². The lowest BCUT2D eigenvalue weighted by atomic mass is 10.00. The molecule has 0 aliphatic carbocycles. The number of nitrogens with one attached hydrogen (secondary N) is 1. The van der Waals surface area contributed by atoms with Gasteiger partial charge in [0.1, 0.15) is 11.4 Å². The van der Waals surface area contributed by atoms with Crippen LogP contribution in [0, 0.1) is 5.82 Å². The monoisotopic (exact) mass is 498 g/mol. The Kier molecular flexibility index (Phi) is 6.31. The molecule has 2 aromatic carbocycles. The van der Waals surface area contributed by atoms with Gasteiger partial charge in [0.2, 0.25) is 0 Å². The predicted octanol–water partition coefficient (Wildman–Crippen LogP) is 3.77. The minimum Gasteiger partial charge on any atom is -0.468 e. The molecule has 1 saturated heterocycles. The van der Waals surface area contributed by atoms with Crippen molar-refractivity contribution in [1.82, 2.24) is 19.4 Å². The van der Waals surface area contributed by atoms with Crippen molar-refractivity contribution in [2.75, 3.05) is 27.5 Å². The third-order valence-electron chi connectivity index (χ3n) is 6.54. The molecule has 1 N–H and O–H groups in total. The number of nitrogens with zero attached hydrogens (tertiary/aromatic N) is 3. The summed E-state index contributed by atoms with van der Waals surface area (Å²) in [4.78, 5) is 34.1. The Balaban J connectivity index is 1.78. The van der Waals surface area contributed by atoms with Crippen LogP contribution >= 0.6 is 11.6 Å². The number of benzene rings is 2. The summed E-state index contributed by atoms with van der Waals surface area (Å²) in [5.74, 6) is -0.328. The molecule has 4 aromatic rings. The summed E-state index contributed by atoms with van der Waals surface area (Å²) < 4.78 is 28.2. The number of rotatable bonds is 6. The van der Waals surface area contributed by atoms with Crippen LogP contribution in [0.25, 0.3) is 32.9 Å². The minimum atomic E-state index is -0.767. The maximum absolute atomic E-state index is 16.3. The number of ether oxygens (including phenoxy) is 2. The fraction of sp³-hybridized carbons (Fsp3) is 0.320. The number of pyridine rings is 1. The van der Waals surface area contributed by atoms with Crippen LogP contribution in [0.2, 0.25) is 5.02 Å². The molecule has 0 radical (unpaired) electrons. The smallest absolute Gasteiger partial charge is 0.328 e. The van der Waals surface area contributed by atoms with E-state index in [0.717, 1.165) is 24.8 Å². The van der Waals surface area contributed by atoms with Crippen molar-refractivity contribution in [3.8, 4) is 17.0 Å². The molecule has 182 valence electrons. The van der Waals surface area contributed by atoms with Gasteiger partial charge in [-0.25, -0.2) is 9.18 Å². The molecule has 2 aromatic heterocycles. The van der Waals surface area contributed by atoms with Crippen LogP contribution in [0.5, 0.6) is 5.75 Å². The minimum absolute atomic E-state index is 0.00294. The van der Waals surface area contributed by atoms with Crippen molar-refractivity contribution in [3.63, 3.8) is 0 Å². The van der Waals surface area contributed by atoms with Gasteiger partial charge in [0, 0.05) is 41.9 Å². The lowest BCUT2D eigenvalue weighted by Gasteiger charge is -2.21. The van der Waals surface area contributed by atoms with E-state index in [2.05, 4.69) is 14.9 Å². The van der Waals surface area contributed by atoms with Crippen LogP contribution in [-0.4, -0.2) is 53.0 Å². The molecule has 1 fully saturated rings. The van der Waals surface area contributed by atoms with Gasteiger partial charge in [-0.05, 0) is 50.0 Å². The third-order valence-corrected chi connectivity index (χ3v) is 6.85. The Labute approximate surface area is 204 Å². The number of H-pyrrole nitrogens is 1. The van der Waals surface area contributed by atoms with E-state index in [0.29, 0.717) is 21.7 Å². The van der Waals surface area contributed by atoms with E-state index in [1.807, 2.05) is 13.1 Å². The Bertz CT molecular complexity index is 1550. The molecule has 1 atom stereocenters. The van der Waals surface area contributed by atoms with E-state index < -0.39 is 17.1 Å². The number of fused-ring (bicyclic) bond motifs is 2. The van der Waals surface area contributed by atoms with Crippen LogP contribution in [-0.2, 0) is 11.3 Å². The predicted molar refractivity (Wildman–Crippen MR) is 133 cm³/mol. The standard InChI is InChI=1S/C25H24ClFN4O4/c1-30-8-4-6-15(30)12-31-23-18(24(32)29-25(31)33)11-28-22(21(23)27)17-10-16(35-13-34-2)9-14-5-3-7-19(26)20(14)17/h3,5,7,9-11,15H,4,6,8,12-13H2,1-2H3,(H,29,32,33)/t15-/m0/s1. The molecule has 10 heteroatoms. The maximum atomic E-state index is 16.3. The van der Waals surface area contributed by atoms with Gasteiger partial charge in [0.15, 0.2) is 12.6 Å². The Morgan fingerprint density at radius 3 is 2.86 bits per heavy atom. The zero-order chi connectivity index (χ0) is 24.7. The highest BCUT2D eigenvalue weighted by Crippen LogP contribution is 2.38. The number of halogens is 2. The number of likely N-dealkylation sites (tertiary alicyclic amines) is 1. The average Bonchev–Trinajstić information content (AvgIpc) is 3.24. The Hall–Kier alpha value is -3.27. The summed E-state index contributed by atoms with van der Waals surface area (Å²) in [5.41, 5.74) is -1.06. The molecule has 1 aliphatic rings. The van der Waals surface area contributed by atoms with Crippen molar-refractivity contribution >= 4 is 33.3 Å². The van der Waals surface area contributed by atoms with Gasteiger partial charge >= 0.3 is 5.69 Å². The highest BCUT2D eigenvalue weighted by molar-refractivity contribution is 6.36. The van der Waals surface area contributed by atoms with Crippen LogP contribution in [0.15, 0.2) is 46.1 Å². The summed E-state index contributed by atoms with van der Waals surface area (Å²) >= 11 is 6.52. The summed E-state index contributed by atoms with van der Waals surface area (Å²) in [6.45, 7) is 1.15. The van der Waals surface area contributed by atoms with Gasteiger partial charge in [-0.15, -0.1) is 0 Å². The number of aromatic amines is 1. The largest absolute Gasteiger partial charge is 0.468 e. The van der Waals surface area contributed by atoms with Gasteiger partial charge in [-0.2, -0.15) is 0 Å². The third kappa shape index (κ3) is 4.20. The second-order valence-electron chi connectivity index (χ2n) is 8.69. The molecular formula is C25H24ClFN4O4. The lowest BCUT2D eigenvalue weighted by molar-refractivity contribution is 0.0512. The first-order chi connectivity index (χ1) is 16.9. The Morgan fingerprint density at radius 2 is 2.11 bits per heavy atom. The molecule has 5 rings (SSSR count). The zero-order valence-electron chi connectivity index (χ0n) is 19.3. The summed E-state index contributed by atoms with van der Waals surface area (Å²) in [6.07, 6.45) is 3.17. The van der Waals surface area contributed by atoms with Crippen LogP contribution in [0.3, 0.4) is 0 Å². The second kappa shape index (κ2) is 9.41. The van der Waals surface area contributed by atoms with Gasteiger partial charge in [-0.1, -0.05) is 23.7 Å². The number of aromatic nitrogens is 3. The average molecular weight is 499 g/mol. The highest BCUT2D eigenvalue weighted by Gasteiger charge is 2.25. The lowest BCUT2D eigenvalue weighted by Crippen LogP contribution is -2.37. The van der Waals surface area contributed by atoms with Gasteiger partial charge in [0.05, 0.1) is 10.9 Å².